The first-order valence-corrected chi connectivity index (χ1v) is 9.58. The quantitative estimate of drug-likeness (QED) is 0.659. The number of fused-ring (bicyclic) bond motifs is 1. The summed E-state index contributed by atoms with van der Waals surface area (Å²) in [6.07, 6.45) is 1.59. The van der Waals surface area contributed by atoms with E-state index in [9.17, 15) is 4.79 Å². The van der Waals surface area contributed by atoms with E-state index in [0.29, 0.717) is 26.2 Å². The maximum Gasteiger partial charge on any atom is 0.251 e. The van der Waals surface area contributed by atoms with E-state index in [1.54, 1.807) is 7.05 Å². The lowest BCUT2D eigenvalue weighted by molar-refractivity contribution is -0.142. The Morgan fingerprint density at radius 2 is 2.00 bits per heavy atom. The van der Waals surface area contributed by atoms with Gasteiger partial charge in [0.25, 0.3) is 5.91 Å². The van der Waals surface area contributed by atoms with Gasteiger partial charge in [0.15, 0.2) is 5.96 Å². The van der Waals surface area contributed by atoms with Crippen LogP contribution in [0.25, 0.3) is 11.0 Å². The van der Waals surface area contributed by atoms with Crippen molar-refractivity contribution in [3.8, 4) is 0 Å². The third-order valence-corrected chi connectivity index (χ3v) is 5.21. The van der Waals surface area contributed by atoms with Crippen molar-refractivity contribution in [2.24, 2.45) is 4.99 Å². The van der Waals surface area contributed by atoms with Crippen LogP contribution in [0.15, 0.2) is 39.7 Å². The Hall–Kier alpha value is -2.54. The molecule has 2 aliphatic rings. The van der Waals surface area contributed by atoms with E-state index in [-0.39, 0.29) is 12.0 Å². The van der Waals surface area contributed by atoms with Crippen molar-refractivity contribution in [3.63, 3.8) is 0 Å². The summed E-state index contributed by atoms with van der Waals surface area (Å²) in [5.74, 6) is 1.85. The molecule has 2 aliphatic heterocycles. The van der Waals surface area contributed by atoms with Crippen LogP contribution in [-0.2, 0) is 16.1 Å². The number of amides is 1. The molecule has 1 N–H and O–H groups in total. The topological polar surface area (TPSA) is 70.3 Å². The number of carbonyl (C=O) groups is 1. The lowest BCUT2D eigenvalue weighted by Crippen LogP contribution is -2.55. The van der Waals surface area contributed by atoms with Crippen LogP contribution < -0.4 is 5.32 Å². The van der Waals surface area contributed by atoms with Crippen LogP contribution in [0.3, 0.4) is 0 Å². The van der Waals surface area contributed by atoms with Crippen LogP contribution in [-0.4, -0.2) is 67.6 Å². The minimum Gasteiger partial charge on any atom is -0.459 e. The van der Waals surface area contributed by atoms with E-state index in [2.05, 4.69) is 15.2 Å². The molecule has 27 heavy (non-hydrogen) atoms. The van der Waals surface area contributed by atoms with Gasteiger partial charge < -0.3 is 24.3 Å². The fourth-order valence-electron chi connectivity index (χ4n) is 3.74. The molecule has 2 saturated heterocycles. The van der Waals surface area contributed by atoms with Gasteiger partial charge in [0.1, 0.15) is 17.4 Å². The smallest absolute Gasteiger partial charge is 0.251 e. The Morgan fingerprint density at radius 1 is 1.22 bits per heavy atom. The molecule has 1 aromatic carbocycles. The van der Waals surface area contributed by atoms with Crippen molar-refractivity contribution in [1.29, 1.82) is 0 Å². The summed E-state index contributed by atoms with van der Waals surface area (Å²) in [4.78, 5) is 21.0. The minimum atomic E-state index is -0.234. The van der Waals surface area contributed by atoms with Crippen LogP contribution in [0.5, 0.6) is 0 Å². The standard InChI is InChI=1S/C20H26N4O3/c1-21-20(22-14-16-13-15-5-2-3-6-17(15)27-16)24-10-8-23(9-11-24)19(25)18-7-4-12-26-18/h2-3,5-6,13,18H,4,7-12,14H2,1H3,(H,21,22). The van der Waals surface area contributed by atoms with Crippen LogP contribution in [0.4, 0.5) is 0 Å². The predicted octanol–water partition coefficient (Wildman–Crippen LogP) is 1.83. The monoisotopic (exact) mass is 370 g/mol. The molecule has 0 bridgehead atoms. The maximum absolute atomic E-state index is 12.5. The fraction of sp³-hybridized carbons (Fsp3) is 0.500. The number of guanidine groups is 1. The molecule has 3 heterocycles. The molecule has 1 aromatic heterocycles. The summed E-state index contributed by atoms with van der Waals surface area (Å²) in [7, 11) is 1.78. The molecular weight excluding hydrogens is 344 g/mol. The second-order valence-corrected chi connectivity index (χ2v) is 6.97. The van der Waals surface area contributed by atoms with Crippen LogP contribution in [0.2, 0.25) is 0 Å². The van der Waals surface area contributed by atoms with Gasteiger partial charge in [0.05, 0.1) is 6.54 Å². The second kappa shape index (κ2) is 8.00. The Labute approximate surface area is 159 Å². The van der Waals surface area contributed by atoms with E-state index in [1.807, 2.05) is 35.2 Å². The maximum atomic E-state index is 12.5. The van der Waals surface area contributed by atoms with Crippen molar-refractivity contribution in [3.05, 3.63) is 36.1 Å². The molecule has 0 radical (unpaired) electrons. The number of hydrogen-bond acceptors (Lipinski definition) is 4. The number of ether oxygens (including phenoxy) is 1. The van der Waals surface area contributed by atoms with E-state index in [0.717, 1.165) is 48.6 Å². The van der Waals surface area contributed by atoms with Gasteiger partial charge in [-0.3, -0.25) is 9.79 Å². The highest BCUT2D eigenvalue weighted by atomic mass is 16.5. The van der Waals surface area contributed by atoms with E-state index in [4.69, 9.17) is 9.15 Å². The number of aliphatic imine (C=N–C) groups is 1. The highest BCUT2D eigenvalue weighted by Crippen LogP contribution is 2.19. The van der Waals surface area contributed by atoms with Crippen molar-refractivity contribution >= 4 is 22.8 Å². The van der Waals surface area contributed by atoms with Gasteiger partial charge in [-0.15, -0.1) is 0 Å². The predicted molar refractivity (Wildman–Crippen MR) is 104 cm³/mol. The number of rotatable bonds is 3. The summed E-state index contributed by atoms with van der Waals surface area (Å²) < 4.78 is 11.4. The fourth-order valence-corrected chi connectivity index (χ4v) is 3.74. The Morgan fingerprint density at radius 3 is 2.70 bits per heavy atom. The molecule has 0 aliphatic carbocycles. The molecule has 2 fully saturated rings. The highest BCUT2D eigenvalue weighted by Gasteiger charge is 2.30. The van der Waals surface area contributed by atoms with Crippen molar-refractivity contribution < 1.29 is 13.9 Å². The molecule has 4 rings (SSSR count). The van der Waals surface area contributed by atoms with Crippen LogP contribution >= 0.6 is 0 Å². The second-order valence-electron chi connectivity index (χ2n) is 6.97. The first-order valence-electron chi connectivity index (χ1n) is 9.58. The summed E-state index contributed by atoms with van der Waals surface area (Å²) in [6, 6.07) is 10.0. The first kappa shape index (κ1) is 17.9. The number of carbonyl (C=O) groups excluding carboxylic acids is 1. The molecule has 1 amide bonds. The van der Waals surface area contributed by atoms with Gasteiger partial charge in [0, 0.05) is 45.2 Å². The first-order chi connectivity index (χ1) is 13.2. The van der Waals surface area contributed by atoms with Crippen LogP contribution in [0.1, 0.15) is 18.6 Å². The zero-order valence-corrected chi connectivity index (χ0v) is 15.7. The van der Waals surface area contributed by atoms with Gasteiger partial charge >= 0.3 is 0 Å². The van der Waals surface area contributed by atoms with Gasteiger partial charge in [-0.1, -0.05) is 18.2 Å². The number of furan rings is 1. The molecule has 0 saturated carbocycles. The zero-order valence-electron chi connectivity index (χ0n) is 15.7. The molecule has 1 atom stereocenters. The normalized spacial score (nSPS) is 21.1. The number of nitrogens with one attached hydrogen (secondary N) is 1. The molecule has 7 heteroatoms. The molecule has 1 unspecified atom stereocenters. The zero-order chi connectivity index (χ0) is 18.6. The lowest BCUT2D eigenvalue weighted by atomic mass is 10.2. The number of benzene rings is 1. The average Bonchev–Trinajstić information content (AvgIpc) is 3.38. The Balaban J connectivity index is 1.30. The summed E-state index contributed by atoms with van der Waals surface area (Å²) in [5.41, 5.74) is 0.894. The number of piperazine rings is 1. The van der Waals surface area contributed by atoms with Crippen molar-refractivity contribution in [2.75, 3.05) is 39.8 Å². The average molecular weight is 370 g/mol. The minimum absolute atomic E-state index is 0.136. The van der Waals surface area contributed by atoms with Crippen LogP contribution in [0, 0.1) is 0 Å². The molecule has 144 valence electrons. The summed E-state index contributed by atoms with van der Waals surface area (Å²) >= 11 is 0. The summed E-state index contributed by atoms with van der Waals surface area (Å²) in [5, 5.41) is 4.47. The Bertz CT molecular complexity index is 784. The van der Waals surface area contributed by atoms with Gasteiger partial charge in [-0.05, 0) is 25.0 Å². The lowest BCUT2D eigenvalue weighted by Gasteiger charge is -2.37. The van der Waals surface area contributed by atoms with E-state index >= 15 is 0 Å². The van der Waals surface area contributed by atoms with E-state index in [1.165, 1.54) is 0 Å². The number of para-hydroxylation sites is 1. The molecular formula is C20H26N4O3. The SMILES string of the molecule is CN=C(NCc1cc2ccccc2o1)N1CCN(C(=O)C2CCCO2)CC1. The van der Waals surface area contributed by atoms with E-state index < -0.39 is 0 Å². The largest absolute Gasteiger partial charge is 0.459 e. The number of nitrogens with zero attached hydrogens (tertiary/aromatic N) is 3. The Kier molecular flexibility index (Phi) is 5.29. The third kappa shape index (κ3) is 3.93. The van der Waals surface area contributed by atoms with Gasteiger partial charge in [0.2, 0.25) is 0 Å². The van der Waals surface area contributed by atoms with Crippen molar-refractivity contribution in [1.82, 2.24) is 15.1 Å². The van der Waals surface area contributed by atoms with Crippen molar-refractivity contribution in [2.45, 2.75) is 25.5 Å². The highest BCUT2D eigenvalue weighted by molar-refractivity contribution is 5.83. The molecule has 0 spiro atoms. The molecule has 2 aromatic rings. The van der Waals surface area contributed by atoms with Gasteiger partial charge in [-0.25, -0.2) is 0 Å². The van der Waals surface area contributed by atoms with Gasteiger partial charge in [-0.2, -0.15) is 0 Å². The molecule has 7 nitrogen and oxygen atoms in total. The summed E-state index contributed by atoms with van der Waals surface area (Å²) in [6.45, 7) is 4.20. The number of hydrogen-bond donors (Lipinski definition) is 1. The third-order valence-electron chi connectivity index (χ3n) is 5.21.